The molecule has 0 aliphatic carbocycles. The molecule has 7 nitrogen and oxygen atoms in total. The summed E-state index contributed by atoms with van der Waals surface area (Å²) in [6, 6.07) is 0.584. The first kappa shape index (κ1) is 16.7. The minimum absolute atomic E-state index is 0.0652. The summed E-state index contributed by atoms with van der Waals surface area (Å²) in [4.78, 5) is 19.0. The molecular formula is C17H26N6O. The third-order valence-electron chi connectivity index (χ3n) is 4.97. The van der Waals surface area contributed by atoms with Crippen LogP contribution in [0.25, 0.3) is 0 Å². The highest BCUT2D eigenvalue weighted by Crippen LogP contribution is 2.26. The summed E-state index contributed by atoms with van der Waals surface area (Å²) in [6.45, 7) is 11.5. The Morgan fingerprint density at radius 2 is 1.92 bits per heavy atom. The predicted molar refractivity (Wildman–Crippen MR) is 91.0 cm³/mol. The molecule has 1 amide bonds. The third kappa shape index (κ3) is 2.72. The lowest BCUT2D eigenvalue weighted by Gasteiger charge is -2.39. The number of hydrogen-bond donors (Lipinski definition) is 0. The summed E-state index contributed by atoms with van der Waals surface area (Å²) in [5, 5.41) is 8.87. The highest BCUT2D eigenvalue weighted by atomic mass is 16.2. The van der Waals surface area contributed by atoms with E-state index in [1.54, 1.807) is 6.20 Å². The van der Waals surface area contributed by atoms with E-state index in [0.29, 0.717) is 24.7 Å². The molecule has 3 heterocycles. The molecular weight excluding hydrogens is 304 g/mol. The molecule has 7 heteroatoms. The normalized spacial score (nSPS) is 15.2. The van der Waals surface area contributed by atoms with Crippen LogP contribution in [0, 0.1) is 20.8 Å². The molecule has 0 aromatic carbocycles. The van der Waals surface area contributed by atoms with Crippen LogP contribution < -0.4 is 0 Å². The van der Waals surface area contributed by atoms with Crippen LogP contribution in [0.4, 0.5) is 0 Å². The third-order valence-corrected chi connectivity index (χ3v) is 4.97. The molecule has 0 bridgehead atoms. The van der Waals surface area contributed by atoms with E-state index in [1.807, 2.05) is 35.0 Å². The van der Waals surface area contributed by atoms with Crippen molar-refractivity contribution >= 4 is 5.91 Å². The Morgan fingerprint density at radius 3 is 2.46 bits per heavy atom. The number of carbonyl (C=O) groups excluding carboxylic acids is 1. The van der Waals surface area contributed by atoms with Gasteiger partial charge in [0, 0.05) is 18.8 Å². The summed E-state index contributed by atoms with van der Waals surface area (Å²) < 4.78 is 3.93. The first-order valence-corrected chi connectivity index (χ1v) is 8.69. The van der Waals surface area contributed by atoms with Crippen LogP contribution in [0.1, 0.15) is 66.5 Å². The molecule has 130 valence electrons. The standard InChI is InChI=1S/C17H26N6O/c1-6-14(7-2)22-11(3)16(8-18-22)17(24)21-9-15(10-21)23-13(5)19-12(4)20-23/h8,14-15H,6-7,9-10H2,1-5H3. The van der Waals surface area contributed by atoms with E-state index in [1.165, 1.54) is 0 Å². The predicted octanol–water partition coefficient (Wildman–Crippen LogP) is 2.46. The van der Waals surface area contributed by atoms with E-state index < -0.39 is 0 Å². The SMILES string of the molecule is CCC(CC)n1ncc(C(=O)N2CC(n3nc(C)nc3C)C2)c1C. The van der Waals surface area contributed by atoms with Gasteiger partial charge in [-0.05, 0) is 33.6 Å². The summed E-state index contributed by atoms with van der Waals surface area (Å²) >= 11 is 0. The van der Waals surface area contributed by atoms with Crippen molar-refractivity contribution in [2.24, 2.45) is 0 Å². The molecule has 0 N–H and O–H groups in total. The lowest BCUT2D eigenvalue weighted by atomic mass is 10.1. The fourth-order valence-electron chi connectivity index (χ4n) is 3.46. The van der Waals surface area contributed by atoms with Crippen LogP contribution in [-0.2, 0) is 0 Å². The van der Waals surface area contributed by atoms with Crippen molar-refractivity contribution in [3.63, 3.8) is 0 Å². The maximum atomic E-state index is 12.8. The van der Waals surface area contributed by atoms with Gasteiger partial charge in [0.25, 0.3) is 5.91 Å². The van der Waals surface area contributed by atoms with Crippen molar-refractivity contribution < 1.29 is 4.79 Å². The molecule has 24 heavy (non-hydrogen) atoms. The van der Waals surface area contributed by atoms with Gasteiger partial charge >= 0.3 is 0 Å². The topological polar surface area (TPSA) is 68.8 Å². The Balaban J connectivity index is 1.70. The Hall–Kier alpha value is -2.18. The summed E-state index contributed by atoms with van der Waals surface area (Å²) in [6.07, 6.45) is 3.75. The highest BCUT2D eigenvalue weighted by molar-refractivity contribution is 5.95. The van der Waals surface area contributed by atoms with E-state index in [2.05, 4.69) is 29.0 Å². The van der Waals surface area contributed by atoms with E-state index in [9.17, 15) is 4.79 Å². The second-order valence-electron chi connectivity index (χ2n) is 6.57. The maximum absolute atomic E-state index is 12.8. The first-order chi connectivity index (χ1) is 11.5. The van der Waals surface area contributed by atoms with Crippen molar-refractivity contribution in [2.75, 3.05) is 13.1 Å². The fraction of sp³-hybridized carbons (Fsp3) is 0.647. The molecule has 3 rings (SSSR count). The van der Waals surface area contributed by atoms with Gasteiger partial charge in [0.1, 0.15) is 11.6 Å². The van der Waals surface area contributed by atoms with Crippen LogP contribution in [0.15, 0.2) is 6.20 Å². The minimum Gasteiger partial charge on any atom is -0.334 e. The number of rotatable bonds is 5. The molecule has 1 aliphatic rings. The molecule has 2 aromatic heterocycles. The number of carbonyl (C=O) groups is 1. The number of nitrogens with zero attached hydrogens (tertiary/aromatic N) is 6. The summed E-state index contributed by atoms with van der Waals surface area (Å²) in [5.74, 6) is 1.75. The number of aromatic nitrogens is 5. The van der Waals surface area contributed by atoms with E-state index >= 15 is 0 Å². The van der Waals surface area contributed by atoms with Crippen molar-refractivity contribution in [3.8, 4) is 0 Å². The maximum Gasteiger partial charge on any atom is 0.257 e. The van der Waals surface area contributed by atoms with Crippen LogP contribution in [0.3, 0.4) is 0 Å². The molecule has 2 aromatic rings. The molecule has 1 aliphatic heterocycles. The lowest BCUT2D eigenvalue weighted by Crippen LogP contribution is -2.51. The van der Waals surface area contributed by atoms with Gasteiger partial charge in [-0.15, -0.1) is 0 Å². The zero-order chi connectivity index (χ0) is 17.4. The van der Waals surface area contributed by atoms with Crippen molar-refractivity contribution in [3.05, 3.63) is 29.1 Å². The monoisotopic (exact) mass is 330 g/mol. The molecule has 0 radical (unpaired) electrons. The smallest absolute Gasteiger partial charge is 0.257 e. The molecule has 0 saturated carbocycles. The Bertz CT molecular complexity index is 736. The van der Waals surface area contributed by atoms with Gasteiger partial charge in [-0.2, -0.15) is 10.2 Å². The van der Waals surface area contributed by atoms with Gasteiger partial charge in [-0.3, -0.25) is 9.48 Å². The quantitative estimate of drug-likeness (QED) is 0.844. The van der Waals surface area contributed by atoms with Crippen LogP contribution in [0.2, 0.25) is 0 Å². The zero-order valence-electron chi connectivity index (χ0n) is 15.2. The van der Waals surface area contributed by atoms with Crippen LogP contribution in [0.5, 0.6) is 0 Å². The average Bonchev–Trinajstić information content (AvgIpc) is 3.02. The van der Waals surface area contributed by atoms with E-state index in [0.717, 1.165) is 30.2 Å². The molecule has 1 saturated heterocycles. The lowest BCUT2D eigenvalue weighted by molar-refractivity contribution is 0.0496. The van der Waals surface area contributed by atoms with Gasteiger partial charge < -0.3 is 4.90 Å². The Kier molecular flexibility index (Phi) is 4.43. The van der Waals surface area contributed by atoms with Gasteiger partial charge in [0.2, 0.25) is 0 Å². The molecule has 0 spiro atoms. The number of hydrogen-bond acceptors (Lipinski definition) is 4. The first-order valence-electron chi connectivity index (χ1n) is 8.69. The fourth-order valence-corrected chi connectivity index (χ4v) is 3.46. The van der Waals surface area contributed by atoms with Gasteiger partial charge in [-0.1, -0.05) is 13.8 Å². The number of aryl methyl sites for hydroxylation is 2. The number of amides is 1. The van der Waals surface area contributed by atoms with Crippen LogP contribution >= 0.6 is 0 Å². The summed E-state index contributed by atoms with van der Waals surface area (Å²) in [5.41, 5.74) is 1.68. The minimum atomic E-state index is 0.0652. The highest BCUT2D eigenvalue weighted by Gasteiger charge is 2.35. The van der Waals surface area contributed by atoms with Crippen molar-refractivity contribution in [2.45, 2.75) is 59.5 Å². The Morgan fingerprint density at radius 1 is 1.25 bits per heavy atom. The van der Waals surface area contributed by atoms with E-state index in [4.69, 9.17) is 0 Å². The van der Waals surface area contributed by atoms with Crippen molar-refractivity contribution in [1.82, 2.24) is 29.4 Å². The molecule has 1 fully saturated rings. The van der Waals surface area contributed by atoms with Crippen LogP contribution in [-0.4, -0.2) is 48.4 Å². The van der Waals surface area contributed by atoms with Crippen molar-refractivity contribution in [1.29, 1.82) is 0 Å². The second kappa shape index (κ2) is 6.37. The average molecular weight is 330 g/mol. The molecule has 0 unspecified atom stereocenters. The van der Waals surface area contributed by atoms with Gasteiger partial charge in [0.05, 0.1) is 23.8 Å². The molecule has 0 atom stereocenters. The van der Waals surface area contributed by atoms with Gasteiger partial charge in [-0.25, -0.2) is 9.67 Å². The largest absolute Gasteiger partial charge is 0.334 e. The second-order valence-corrected chi connectivity index (χ2v) is 6.57. The Labute approximate surface area is 142 Å². The summed E-state index contributed by atoms with van der Waals surface area (Å²) in [7, 11) is 0. The van der Waals surface area contributed by atoms with Gasteiger partial charge in [0.15, 0.2) is 0 Å². The zero-order valence-corrected chi connectivity index (χ0v) is 15.2. The van der Waals surface area contributed by atoms with E-state index in [-0.39, 0.29) is 11.9 Å². The number of likely N-dealkylation sites (tertiary alicyclic amines) is 1.